The second-order valence-corrected chi connectivity index (χ2v) is 12.6. The molecule has 4 aliphatic rings. The number of hydrogen-bond acceptors (Lipinski definition) is 8. The number of aliphatic hydroxyl groups excluding tert-OH is 1. The Morgan fingerprint density at radius 2 is 1.94 bits per heavy atom. The molecule has 0 aliphatic heterocycles. The minimum atomic E-state index is 0.262. The summed E-state index contributed by atoms with van der Waals surface area (Å²) in [6, 6.07) is 2.39. The Bertz CT molecular complexity index is 1260. The van der Waals surface area contributed by atoms with Crippen LogP contribution in [0.1, 0.15) is 75.1 Å². The first-order chi connectivity index (χ1) is 17.1. The fourth-order valence-electron chi connectivity index (χ4n) is 6.34. The van der Waals surface area contributed by atoms with Gasteiger partial charge in [-0.25, -0.2) is 9.97 Å². The lowest BCUT2D eigenvalue weighted by Gasteiger charge is -2.35. The van der Waals surface area contributed by atoms with Crippen LogP contribution in [0.3, 0.4) is 0 Å². The second kappa shape index (κ2) is 8.37. The number of fused-ring (bicyclic) bond motifs is 1. The van der Waals surface area contributed by atoms with E-state index in [9.17, 15) is 5.11 Å². The van der Waals surface area contributed by atoms with E-state index in [4.69, 9.17) is 15.0 Å². The van der Waals surface area contributed by atoms with Gasteiger partial charge in [0.25, 0.3) is 0 Å². The zero-order chi connectivity index (χ0) is 23.6. The molecule has 35 heavy (non-hydrogen) atoms. The normalized spacial score (nSPS) is 25.2. The van der Waals surface area contributed by atoms with Crippen molar-refractivity contribution in [3.63, 3.8) is 0 Å². The van der Waals surface area contributed by atoms with E-state index in [0.717, 1.165) is 65.0 Å². The maximum absolute atomic E-state index is 9.64. The third-order valence-corrected chi connectivity index (χ3v) is 9.73. The molecule has 0 unspecified atom stereocenters. The number of pyridine rings is 1. The molecule has 2 atom stereocenters. The summed E-state index contributed by atoms with van der Waals surface area (Å²) in [5.74, 6) is 3.26. The average Bonchev–Trinajstić information content (AvgIpc) is 3.74. The van der Waals surface area contributed by atoms with Gasteiger partial charge in [-0.05, 0) is 88.0 Å². The Morgan fingerprint density at radius 1 is 1.09 bits per heavy atom. The van der Waals surface area contributed by atoms with Gasteiger partial charge in [0.1, 0.15) is 16.3 Å². The molecule has 7 rings (SSSR count). The summed E-state index contributed by atoms with van der Waals surface area (Å²) in [4.78, 5) is 19.7. The first kappa shape index (κ1) is 21.9. The molecule has 3 heterocycles. The van der Waals surface area contributed by atoms with E-state index in [0.29, 0.717) is 29.2 Å². The second-order valence-electron chi connectivity index (χ2n) is 11.6. The smallest absolute Gasteiger partial charge is 0.224 e. The number of hydrogen-bond donors (Lipinski definition) is 3. The molecule has 184 valence electrons. The molecule has 0 bridgehead atoms. The molecule has 3 aromatic rings. The average molecular weight is 491 g/mol. The molecule has 3 aromatic heterocycles. The van der Waals surface area contributed by atoms with E-state index in [1.807, 2.05) is 6.20 Å². The van der Waals surface area contributed by atoms with Crippen LogP contribution in [0.5, 0.6) is 0 Å². The highest BCUT2D eigenvalue weighted by Crippen LogP contribution is 2.63. The van der Waals surface area contributed by atoms with E-state index >= 15 is 0 Å². The predicted octanol–water partition coefficient (Wildman–Crippen LogP) is 5.51. The zero-order valence-electron chi connectivity index (χ0n) is 20.4. The van der Waals surface area contributed by atoms with Crippen molar-refractivity contribution >= 4 is 33.3 Å². The molecule has 0 aromatic carbocycles. The molecule has 4 aliphatic carbocycles. The molecule has 3 N–H and O–H groups in total. The van der Waals surface area contributed by atoms with Gasteiger partial charge in [-0.3, -0.25) is 4.98 Å². The highest BCUT2D eigenvalue weighted by molar-refractivity contribution is 7.21. The van der Waals surface area contributed by atoms with Crippen molar-refractivity contribution in [3.05, 3.63) is 23.7 Å². The molecule has 7 nitrogen and oxygen atoms in total. The van der Waals surface area contributed by atoms with Gasteiger partial charge in [-0.15, -0.1) is 11.3 Å². The summed E-state index contributed by atoms with van der Waals surface area (Å²) in [6.07, 6.45) is 13.0. The van der Waals surface area contributed by atoms with Crippen LogP contribution < -0.4 is 10.6 Å². The van der Waals surface area contributed by atoms with Crippen molar-refractivity contribution < 1.29 is 5.11 Å². The lowest BCUT2D eigenvalue weighted by atomic mass is 9.72. The Hall–Kier alpha value is -2.32. The summed E-state index contributed by atoms with van der Waals surface area (Å²) in [5.41, 5.74) is 4.86. The lowest BCUT2D eigenvalue weighted by molar-refractivity contribution is 0.180. The molecule has 4 saturated carbocycles. The molecule has 0 saturated heterocycles. The Morgan fingerprint density at radius 3 is 2.69 bits per heavy atom. The van der Waals surface area contributed by atoms with E-state index in [2.05, 4.69) is 28.6 Å². The number of anilines is 2. The molecular weight excluding hydrogens is 456 g/mol. The first-order valence-electron chi connectivity index (χ1n) is 13.3. The van der Waals surface area contributed by atoms with Crippen LogP contribution in [-0.4, -0.2) is 44.2 Å². The third-order valence-electron chi connectivity index (χ3n) is 8.69. The van der Waals surface area contributed by atoms with Crippen LogP contribution in [0.4, 0.5) is 11.8 Å². The number of nitrogens with zero attached hydrogens (tertiary/aromatic N) is 4. The zero-order valence-corrected chi connectivity index (χ0v) is 21.2. The molecule has 0 radical (unpaired) electrons. The van der Waals surface area contributed by atoms with Gasteiger partial charge < -0.3 is 15.7 Å². The molecule has 4 fully saturated rings. The SMILES string of the molecule is Cc1nc(NCC2CC3(CC3)C2)nc(N[C@H]2CC[C@@H](CO)C2)c1-c1nc2c(C3CC3)nccc2s1. The van der Waals surface area contributed by atoms with Gasteiger partial charge >= 0.3 is 0 Å². The number of thiazole rings is 1. The van der Waals surface area contributed by atoms with Crippen molar-refractivity contribution in [2.45, 2.75) is 76.7 Å². The van der Waals surface area contributed by atoms with Gasteiger partial charge in [0.15, 0.2) is 0 Å². The number of rotatable bonds is 8. The van der Waals surface area contributed by atoms with Crippen LogP contribution in [0.2, 0.25) is 0 Å². The van der Waals surface area contributed by atoms with E-state index in [-0.39, 0.29) is 6.61 Å². The summed E-state index contributed by atoms with van der Waals surface area (Å²) < 4.78 is 1.18. The van der Waals surface area contributed by atoms with Gasteiger partial charge in [0.2, 0.25) is 5.95 Å². The van der Waals surface area contributed by atoms with Gasteiger partial charge in [0, 0.05) is 31.3 Å². The van der Waals surface area contributed by atoms with Crippen molar-refractivity contribution in [3.8, 4) is 10.6 Å². The standard InChI is InChI=1S/C27H34N6OS/c1-15-21(25-32-23-20(35-25)6-9-28-22(23)18-3-4-18)24(31-19-5-2-16(10-19)14-34)33-26(30-15)29-13-17-11-27(12-17)7-8-27/h6,9,16-19,34H,2-5,7-8,10-14H2,1H3,(H2,29,30,31,33)/t16-,19+/m1/s1. The number of aliphatic hydroxyl groups is 1. The summed E-state index contributed by atoms with van der Waals surface area (Å²) in [7, 11) is 0. The molecule has 0 amide bonds. The fourth-order valence-corrected chi connectivity index (χ4v) is 7.41. The summed E-state index contributed by atoms with van der Waals surface area (Å²) in [6.45, 7) is 3.29. The molecule has 8 heteroatoms. The van der Waals surface area contributed by atoms with Crippen LogP contribution in [0.25, 0.3) is 20.8 Å². The van der Waals surface area contributed by atoms with Gasteiger partial charge in [0.05, 0.1) is 21.7 Å². The third kappa shape index (κ3) is 4.18. The van der Waals surface area contributed by atoms with Crippen molar-refractivity contribution in [1.29, 1.82) is 0 Å². The van der Waals surface area contributed by atoms with Crippen LogP contribution >= 0.6 is 11.3 Å². The van der Waals surface area contributed by atoms with Gasteiger partial charge in [-0.2, -0.15) is 4.98 Å². The highest BCUT2D eigenvalue weighted by Gasteiger charge is 2.52. The maximum atomic E-state index is 9.64. The van der Waals surface area contributed by atoms with Crippen LogP contribution in [-0.2, 0) is 0 Å². The first-order valence-corrected chi connectivity index (χ1v) is 14.2. The monoisotopic (exact) mass is 490 g/mol. The maximum Gasteiger partial charge on any atom is 0.224 e. The summed E-state index contributed by atoms with van der Waals surface area (Å²) in [5, 5.41) is 17.9. The van der Waals surface area contributed by atoms with Crippen molar-refractivity contribution in [2.75, 3.05) is 23.8 Å². The van der Waals surface area contributed by atoms with Crippen molar-refractivity contribution in [2.24, 2.45) is 17.3 Å². The highest BCUT2D eigenvalue weighted by atomic mass is 32.1. The number of aryl methyl sites for hydroxylation is 1. The van der Waals surface area contributed by atoms with E-state index in [1.54, 1.807) is 11.3 Å². The molecule has 1 spiro atoms. The van der Waals surface area contributed by atoms with Crippen LogP contribution in [0, 0.1) is 24.2 Å². The van der Waals surface area contributed by atoms with Crippen molar-refractivity contribution in [1.82, 2.24) is 19.9 Å². The number of nitrogens with one attached hydrogen (secondary N) is 2. The Labute approximate surface area is 210 Å². The summed E-state index contributed by atoms with van der Waals surface area (Å²) >= 11 is 1.71. The minimum Gasteiger partial charge on any atom is -0.396 e. The lowest BCUT2D eigenvalue weighted by Crippen LogP contribution is -2.31. The topological polar surface area (TPSA) is 95.9 Å². The van der Waals surface area contributed by atoms with E-state index in [1.165, 1.54) is 43.2 Å². The molecular formula is C27H34N6OS. The van der Waals surface area contributed by atoms with Crippen LogP contribution in [0.15, 0.2) is 12.3 Å². The largest absolute Gasteiger partial charge is 0.396 e. The minimum absolute atomic E-state index is 0.262. The predicted molar refractivity (Wildman–Crippen MR) is 140 cm³/mol. The Balaban J connectivity index is 1.21. The quantitative estimate of drug-likeness (QED) is 0.383. The van der Waals surface area contributed by atoms with Gasteiger partial charge in [-0.1, -0.05) is 0 Å². The number of aromatic nitrogens is 4. The fraction of sp³-hybridized carbons (Fsp3) is 0.630. The Kier molecular flexibility index (Phi) is 5.24. The van der Waals surface area contributed by atoms with E-state index < -0.39 is 0 Å².